The summed E-state index contributed by atoms with van der Waals surface area (Å²) in [6, 6.07) is 1.10. The molecule has 2 fully saturated rings. The largest absolute Gasteiger partial charge is 0.335 e. The van der Waals surface area contributed by atoms with Crippen LogP contribution in [0.25, 0.3) is 0 Å². The zero-order valence-electron chi connectivity index (χ0n) is 18.7. The lowest BCUT2D eigenvalue weighted by Gasteiger charge is -2.33. The number of likely N-dealkylation sites (N-methyl/N-ethyl adjacent to an activating group) is 1. The number of nitrogens with zero attached hydrogens (tertiary/aromatic N) is 4. The van der Waals surface area contributed by atoms with E-state index in [1.165, 1.54) is 56.2 Å². The Hall–Kier alpha value is -1.66. The maximum Gasteiger partial charge on any atom is 0.274 e. The molecule has 0 aromatic carbocycles. The second-order valence-electron chi connectivity index (χ2n) is 9.49. The minimum absolute atomic E-state index is 0.119. The summed E-state index contributed by atoms with van der Waals surface area (Å²) in [4.78, 5) is 17.6. The second kappa shape index (κ2) is 10.1. The highest BCUT2D eigenvalue weighted by molar-refractivity contribution is 5.94. The molecule has 1 aromatic heterocycles. The standard InChI is InChI=1S/C24H39N5O/c1-3-13-29-22-12-11-20(25-19-9-7-5-4-6-8-10-19)18-21(22)23(26-29)24(30)28-16-14-27(2)15-17-28/h3,19-20,25H,1,4-18H2,2H3. The van der Waals surface area contributed by atoms with Gasteiger partial charge < -0.3 is 15.1 Å². The zero-order valence-corrected chi connectivity index (χ0v) is 18.7. The van der Waals surface area contributed by atoms with E-state index in [4.69, 9.17) is 5.10 Å². The number of amides is 1. The summed E-state index contributed by atoms with van der Waals surface area (Å²) in [6.07, 6.45) is 14.4. The van der Waals surface area contributed by atoms with Crippen molar-refractivity contribution >= 4 is 5.91 Å². The van der Waals surface area contributed by atoms with Crippen molar-refractivity contribution in [3.05, 3.63) is 29.6 Å². The van der Waals surface area contributed by atoms with Crippen molar-refractivity contribution in [1.29, 1.82) is 0 Å². The lowest BCUT2D eigenvalue weighted by atomic mass is 9.89. The van der Waals surface area contributed by atoms with Gasteiger partial charge in [0.2, 0.25) is 0 Å². The van der Waals surface area contributed by atoms with Gasteiger partial charge in [-0.25, -0.2) is 0 Å². The van der Waals surface area contributed by atoms with E-state index in [0.29, 0.717) is 24.3 Å². The summed E-state index contributed by atoms with van der Waals surface area (Å²) < 4.78 is 2.03. The lowest BCUT2D eigenvalue weighted by Crippen LogP contribution is -2.47. The van der Waals surface area contributed by atoms with Crippen LogP contribution in [0.5, 0.6) is 0 Å². The van der Waals surface area contributed by atoms with E-state index in [1.807, 2.05) is 15.7 Å². The second-order valence-corrected chi connectivity index (χ2v) is 9.49. The summed E-state index contributed by atoms with van der Waals surface area (Å²) in [6.45, 7) is 8.03. The van der Waals surface area contributed by atoms with Crippen LogP contribution in [-0.4, -0.2) is 70.8 Å². The summed E-state index contributed by atoms with van der Waals surface area (Å²) in [7, 11) is 2.12. The van der Waals surface area contributed by atoms with E-state index in [2.05, 4.69) is 23.8 Å². The molecule has 3 aliphatic rings. The van der Waals surface area contributed by atoms with Crippen LogP contribution in [0.15, 0.2) is 12.7 Å². The number of hydrogen-bond acceptors (Lipinski definition) is 4. The van der Waals surface area contributed by atoms with Gasteiger partial charge in [-0.1, -0.05) is 38.2 Å². The SMILES string of the molecule is C=CCn1nc(C(=O)N2CCN(C)CC2)c2c1CCC(NC1CCCCCCC1)C2. The first kappa shape index (κ1) is 21.6. The topological polar surface area (TPSA) is 53.4 Å². The average molecular weight is 414 g/mol. The number of nitrogens with one attached hydrogen (secondary N) is 1. The molecular formula is C24H39N5O. The fourth-order valence-electron chi connectivity index (χ4n) is 5.39. The maximum atomic E-state index is 13.4. The molecule has 0 radical (unpaired) electrons. The fraction of sp³-hybridized carbons (Fsp3) is 0.750. The van der Waals surface area contributed by atoms with Gasteiger partial charge in [0.1, 0.15) is 0 Å². The number of rotatable bonds is 5. The molecule has 1 saturated carbocycles. The number of piperazine rings is 1. The van der Waals surface area contributed by atoms with E-state index < -0.39 is 0 Å². The van der Waals surface area contributed by atoms with E-state index in [0.717, 1.165) is 45.4 Å². The lowest BCUT2D eigenvalue weighted by molar-refractivity contribution is 0.0656. The van der Waals surface area contributed by atoms with Crippen LogP contribution >= 0.6 is 0 Å². The van der Waals surface area contributed by atoms with Crippen LogP contribution in [0.3, 0.4) is 0 Å². The Kier molecular flexibility index (Phi) is 7.26. The van der Waals surface area contributed by atoms with Crippen LogP contribution in [0, 0.1) is 0 Å². The molecule has 30 heavy (non-hydrogen) atoms. The molecule has 1 saturated heterocycles. The Morgan fingerprint density at radius 3 is 2.47 bits per heavy atom. The number of carbonyl (C=O) groups excluding carboxylic acids is 1. The van der Waals surface area contributed by atoms with Crippen molar-refractivity contribution in [2.45, 2.75) is 82.8 Å². The van der Waals surface area contributed by atoms with Gasteiger partial charge in [0, 0.05) is 49.5 Å². The molecule has 6 heteroatoms. The third kappa shape index (κ3) is 4.97. The molecule has 166 valence electrons. The quantitative estimate of drug-likeness (QED) is 0.754. The first-order chi connectivity index (χ1) is 14.7. The Bertz CT molecular complexity index is 726. The van der Waals surface area contributed by atoms with Crippen LogP contribution in [0.4, 0.5) is 0 Å². The Balaban J connectivity index is 1.49. The predicted molar refractivity (Wildman–Crippen MR) is 121 cm³/mol. The summed E-state index contributed by atoms with van der Waals surface area (Å²) >= 11 is 0. The van der Waals surface area contributed by atoms with Crippen LogP contribution < -0.4 is 5.32 Å². The normalized spacial score (nSPS) is 24.2. The van der Waals surface area contributed by atoms with E-state index in [-0.39, 0.29) is 5.91 Å². The molecule has 0 bridgehead atoms. The minimum atomic E-state index is 0.119. The monoisotopic (exact) mass is 413 g/mol. The van der Waals surface area contributed by atoms with Crippen LogP contribution in [0.1, 0.15) is 73.1 Å². The molecule has 1 atom stereocenters. The van der Waals surface area contributed by atoms with E-state index in [9.17, 15) is 4.79 Å². The molecule has 6 nitrogen and oxygen atoms in total. The van der Waals surface area contributed by atoms with Crippen molar-refractivity contribution in [2.75, 3.05) is 33.2 Å². The number of allylic oxidation sites excluding steroid dienone is 1. The maximum absolute atomic E-state index is 13.4. The fourth-order valence-corrected chi connectivity index (χ4v) is 5.39. The number of aromatic nitrogens is 2. The molecule has 1 aromatic rings. The van der Waals surface area contributed by atoms with Gasteiger partial charge in [-0.05, 0) is 39.2 Å². The van der Waals surface area contributed by atoms with Crippen molar-refractivity contribution in [1.82, 2.24) is 24.9 Å². The van der Waals surface area contributed by atoms with Crippen molar-refractivity contribution in [3.8, 4) is 0 Å². The Morgan fingerprint density at radius 1 is 1.07 bits per heavy atom. The summed E-state index contributed by atoms with van der Waals surface area (Å²) in [5, 5.41) is 8.77. The number of fused-ring (bicyclic) bond motifs is 1. The highest BCUT2D eigenvalue weighted by Gasteiger charge is 2.32. The Labute approximate surface area is 181 Å². The zero-order chi connectivity index (χ0) is 20.9. The number of hydrogen-bond donors (Lipinski definition) is 1. The van der Waals surface area contributed by atoms with E-state index >= 15 is 0 Å². The van der Waals surface area contributed by atoms with E-state index in [1.54, 1.807) is 0 Å². The molecule has 1 aliphatic heterocycles. The third-order valence-electron chi connectivity index (χ3n) is 7.22. The number of carbonyl (C=O) groups is 1. The third-order valence-corrected chi connectivity index (χ3v) is 7.22. The highest BCUT2D eigenvalue weighted by atomic mass is 16.2. The average Bonchev–Trinajstić information content (AvgIpc) is 3.08. The summed E-state index contributed by atoms with van der Waals surface area (Å²) in [5.74, 6) is 0.119. The first-order valence-corrected chi connectivity index (χ1v) is 12.1. The van der Waals surface area contributed by atoms with Gasteiger partial charge in [0.25, 0.3) is 5.91 Å². The highest BCUT2D eigenvalue weighted by Crippen LogP contribution is 2.28. The first-order valence-electron chi connectivity index (χ1n) is 12.1. The molecule has 1 unspecified atom stereocenters. The van der Waals surface area contributed by atoms with Gasteiger partial charge in [-0.3, -0.25) is 9.48 Å². The molecule has 0 spiro atoms. The summed E-state index contributed by atoms with van der Waals surface area (Å²) in [5.41, 5.74) is 3.14. The molecule has 2 aliphatic carbocycles. The van der Waals surface area contributed by atoms with Gasteiger partial charge in [-0.2, -0.15) is 5.10 Å². The molecular weight excluding hydrogens is 374 g/mol. The molecule has 1 amide bonds. The predicted octanol–water partition coefficient (Wildman–Crippen LogP) is 3.02. The Morgan fingerprint density at radius 2 is 1.77 bits per heavy atom. The van der Waals surface area contributed by atoms with Gasteiger partial charge in [-0.15, -0.1) is 6.58 Å². The van der Waals surface area contributed by atoms with Gasteiger partial charge >= 0.3 is 0 Å². The van der Waals surface area contributed by atoms with Gasteiger partial charge in [0.05, 0.1) is 6.54 Å². The van der Waals surface area contributed by atoms with Gasteiger partial charge in [0.15, 0.2) is 5.69 Å². The van der Waals surface area contributed by atoms with Crippen molar-refractivity contribution in [3.63, 3.8) is 0 Å². The molecule has 2 heterocycles. The van der Waals surface area contributed by atoms with Crippen LogP contribution in [-0.2, 0) is 19.4 Å². The van der Waals surface area contributed by atoms with Crippen LogP contribution in [0.2, 0.25) is 0 Å². The smallest absolute Gasteiger partial charge is 0.274 e. The molecule has 1 N–H and O–H groups in total. The molecule has 4 rings (SSSR count). The van der Waals surface area contributed by atoms with Crippen molar-refractivity contribution < 1.29 is 4.79 Å². The minimum Gasteiger partial charge on any atom is -0.335 e. The van der Waals surface area contributed by atoms with Crippen molar-refractivity contribution in [2.24, 2.45) is 0 Å².